The molecular weight excluding hydrogens is 384 g/mol. The van der Waals surface area contributed by atoms with Crippen molar-refractivity contribution in [2.24, 2.45) is 0 Å². The maximum absolute atomic E-state index is 11.7. The molecule has 0 aliphatic carbocycles. The van der Waals surface area contributed by atoms with Gasteiger partial charge in [-0.1, -0.05) is 104 Å². The summed E-state index contributed by atoms with van der Waals surface area (Å²) in [5.41, 5.74) is 0. The van der Waals surface area contributed by atoms with Crippen LogP contribution in [0.2, 0.25) is 0 Å². The van der Waals surface area contributed by atoms with Crippen molar-refractivity contribution in [2.75, 3.05) is 24.7 Å². The summed E-state index contributed by atoms with van der Waals surface area (Å²) in [5, 5.41) is 0. The van der Waals surface area contributed by atoms with E-state index in [1.807, 2.05) is 0 Å². The Kier molecular flexibility index (Phi) is 23.0. The molecule has 0 fully saturated rings. The molecule has 0 aromatic heterocycles. The molecule has 0 rings (SSSR count). The van der Waals surface area contributed by atoms with Gasteiger partial charge >= 0.3 is 11.9 Å². The number of thioether (sulfide) groups is 1. The first kappa shape index (κ1) is 28.3. The molecule has 0 unspecified atom stereocenters. The van der Waals surface area contributed by atoms with Gasteiger partial charge in [0.15, 0.2) is 0 Å². The second kappa shape index (κ2) is 23.6. The van der Waals surface area contributed by atoms with Gasteiger partial charge in [0.1, 0.15) is 0 Å². The molecule has 0 spiro atoms. The summed E-state index contributed by atoms with van der Waals surface area (Å²) < 4.78 is 10.4. The maximum atomic E-state index is 11.7. The van der Waals surface area contributed by atoms with E-state index in [-0.39, 0.29) is 23.4 Å². The van der Waals surface area contributed by atoms with Crippen LogP contribution >= 0.6 is 11.8 Å². The van der Waals surface area contributed by atoms with Gasteiger partial charge in [-0.25, -0.2) is 0 Å². The van der Waals surface area contributed by atoms with Gasteiger partial charge in [-0.15, -0.1) is 11.8 Å². The number of hydrogen-bond acceptors (Lipinski definition) is 5. The van der Waals surface area contributed by atoms with E-state index in [1.165, 1.54) is 88.8 Å². The van der Waals surface area contributed by atoms with E-state index >= 15 is 0 Å². The lowest BCUT2D eigenvalue weighted by molar-refractivity contribution is -0.140. The Morgan fingerprint density at radius 2 is 0.828 bits per heavy atom. The van der Waals surface area contributed by atoms with E-state index in [2.05, 4.69) is 13.8 Å². The van der Waals surface area contributed by atoms with E-state index in [1.54, 1.807) is 0 Å². The first-order valence-electron chi connectivity index (χ1n) is 12.1. The molecule has 0 bridgehead atoms. The fourth-order valence-electron chi connectivity index (χ4n) is 3.14. The van der Waals surface area contributed by atoms with Crippen LogP contribution in [0.25, 0.3) is 0 Å². The molecule has 29 heavy (non-hydrogen) atoms. The third-order valence-electron chi connectivity index (χ3n) is 4.96. The van der Waals surface area contributed by atoms with Gasteiger partial charge in [-0.3, -0.25) is 9.59 Å². The maximum Gasteiger partial charge on any atom is 0.315 e. The zero-order chi connectivity index (χ0) is 21.4. The quantitative estimate of drug-likeness (QED) is 0.136. The van der Waals surface area contributed by atoms with E-state index in [4.69, 9.17) is 9.47 Å². The zero-order valence-corrected chi connectivity index (χ0v) is 20.0. The van der Waals surface area contributed by atoms with Crippen LogP contribution < -0.4 is 0 Å². The van der Waals surface area contributed by atoms with Crippen LogP contribution in [-0.4, -0.2) is 36.7 Å². The molecule has 0 aromatic rings. The van der Waals surface area contributed by atoms with Crippen molar-refractivity contribution in [1.29, 1.82) is 0 Å². The molecule has 0 saturated carbocycles. The van der Waals surface area contributed by atoms with Crippen LogP contribution in [-0.2, 0) is 19.1 Å². The first-order chi connectivity index (χ1) is 14.2. The minimum absolute atomic E-state index is 0.226. The van der Waals surface area contributed by atoms with E-state index in [9.17, 15) is 9.59 Å². The Balaban J connectivity index is 3.31. The summed E-state index contributed by atoms with van der Waals surface area (Å²) in [6.07, 6.45) is 19.7. The standard InChI is InChI=1S/C24H46O4S/c1-3-5-7-9-11-13-15-17-19-27-23(25)21-29-22-24(26)28-20-18-16-14-12-10-8-6-4-2/h3-22H2,1-2H3. The smallest absolute Gasteiger partial charge is 0.315 e. The van der Waals surface area contributed by atoms with Gasteiger partial charge in [0.25, 0.3) is 0 Å². The molecule has 0 N–H and O–H groups in total. The predicted octanol–water partition coefficient (Wildman–Crippen LogP) is 7.09. The fraction of sp³-hybridized carbons (Fsp3) is 0.917. The zero-order valence-electron chi connectivity index (χ0n) is 19.2. The highest BCUT2D eigenvalue weighted by Crippen LogP contribution is 2.10. The van der Waals surface area contributed by atoms with Crippen molar-refractivity contribution in [2.45, 2.75) is 117 Å². The molecule has 0 aromatic carbocycles. The van der Waals surface area contributed by atoms with E-state index in [0.717, 1.165) is 25.7 Å². The normalized spacial score (nSPS) is 10.8. The lowest BCUT2D eigenvalue weighted by Gasteiger charge is -2.06. The van der Waals surface area contributed by atoms with Gasteiger partial charge in [-0.05, 0) is 12.8 Å². The van der Waals surface area contributed by atoms with Gasteiger partial charge < -0.3 is 9.47 Å². The minimum Gasteiger partial charge on any atom is -0.465 e. The summed E-state index contributed by atoms with van der Waals surface area (Å²) in [5.74, 6) is -0.00375. The van der Waals surface area contributed by atoms with Crippen LogP contribution in [0.1, 0.15) is 117 Å². The Morgan fingerprint density at radius 1 is 0.517 bits per heavy atom. The summed E-state index contributed by atoms with van der Waals surface area (Å²) in [7, 11) is 0. The largest absolute Gasteiger partial charge is 0.465 e. The van der Waals surface area contributed by atoms with Gasteiger partial charge in [-0.2, -0.15) is 0 Å². The second-order valence-corrected chi connectivity index (χ2v) is 8.87. The SMILES string of the molecule is CCCCCCCCCCOC(=O)CSCC(=O)OCCCCCCCCCC. The molecular formula is C24H46O4S. The Hall–Kier alpha value is -0.710. The van der Waals surface area contributed by atoms with Crippen molar-refractivity contribution in [3.05, 3.63) is 0 Å². The lowest BCUT2D eigenvalue weighted by atomic mass is 10.1. The van der Waals surface area contributed by atoms with Gasteiger partial charge in [0.2, 0.25) is 0 Å². The molecule has 5 heteroatoms. The molecule has 0 aliphatic heterocycles. The number of ether oxygens (including phenoxy) is 2. The van der Waals surface area contributed by atoms with Crippen molar-refractivity contribution in [3.8, 4) is 0 Å². The van der Waals surface area contributed by atoms with Crippen molar-refractivity contribution in [3.63, 3.8) is 0 Å². The topological polar surface area (TPSA) is 52.6 Å². The number of esters is 2. The van der Waals surface area contributed by atoms with Crippen LogP contribution in [0.5, 0.6) is 0 Å². The molecule has 172 valence electrons. The van der Waals surface area contributed by atoms with Crippen molar-refractivity contribution < 1.29 is 19.1 Å². The monoisotopic (exact) mass is 430 g/mol. The Bertz CT molecular complexity index is 340. The number of carbonyl (C=O) groups is 2. The number of unbranched alkanes of at least 4 members (excludes halogenated alkanes) is 14. The number of carbonyl (C=O) groups excluding carboxylic acids is 2. The lowest BCUT2D eigenvalue weighted by Crippen LogP contribution is -2.13. The van der Waals surface area contributed by atoms with Gasteiger partial charge in [0.05, 0.1) is 24.7 Å². The first-order valence-corrected chi connectivity index (χ1v) is 13.2. The van der Waals surface area contributed by atoms with Crippen LogP contribution in [0.15, 0.2) is 0 Å². The molecule has 0 aliphatic rings. The minimum atomic E-state index is -0.228. The summed E-state index contributed by atoms with van der Waals surface area (Å²) >= 11 is 1.28. The highest BCUT2D eigenvalue weighted by Gasteiger charge is 2.07. The van der Waals surface area contributed by atoms with Crippen molar-refractivity contribution in [1.82, 2.24) is 0 Å². The summed E-state index contributed by atoms with van der Waals surface area (Å²) in [6.45, 7) is 5.45. The molecule has 4 nitrogen and oxygen atoms in total. The number of hydrogen-bond donors (Lipinski definition) is 0. The molecule has 0 heterocycles. The van der Waals surface area contributed by atoms with Crippen molar-refractivity contribution >= 4 is 23.7 Å². The third-order valence-corrected chi connectivity index (χ3v) is 5.84. The van der Waals surface area contributed by atoms with E-state index < -0.39 is 0 Å². The molecule has 0 radical (unpaired) electrons. The second-order valence-electron chi connectivity index (χ2n) is 7.88. The highest BCUT2D eigenvalue weighted by atomic mass is 32.2. The fourth-order valence-corrected chi connectivity index (χ4v) is 3.75. The van der Waals surface area contributed by atoms with Gasteiger partial charge in [0, 0.05) is 0 Å². The average molecular weight is 431 g/mol. The molecule has 0 atom stereocenters. The molecule has 0 amide bonds. The third kappa shape index (κ3) is 23.4. The van der Waals surface area contributed by atoms with Crippen LogP contribution in [0.3, 0.4) is 0 Å². The summed E-state index contributed by atoms with van der Waals surface area (Å²) in [4.78, 5) is 23.3. The average Bonchev–Trinajstić information content (AvgIpc) is 2.71. The Morgan fingerprint density at radius 3 is 1.17 bits per heavy atom. The number of rotatable bonds is 22. The summed E-state index contributed by atoms with van der Waals surface area (Å²) in [6, 6.07) is 0. The van der Waals surface area contributed by atoms with Crippen LogP contribution in [0.4, 0.5) is 0 Å². The predicted molar refractivity (Wildman–Crippen MR) is 124 cm³/mol. The van der Waals surface area contributed by atoms with E-state index in [0.29, 0.717) is 13.2 Å². The highest BCUT2D eigenvalue weighted by molar-refractivity contribution is 8.00. The molecule has 0 saturated heterocycles. The Labute approximate surface area is 184 Å². The van der Waals surface area contributed by atoms with Crippen LogP contribution in [0, 0.1) is 0 Å².